The summed E-state index contributed by atoms with van der Waals surface area (Å²) in [5.41, 5.74) is 8.45. The molecule has 0 spiro atoms. The number of nitro benzene ring substituents is 1. The molecule has 0 radical (unpaired) electrons. The van der Waals surface area contributed by atoms with Gasteiger partial charge in [-0.3, -0.25) is 34.1 Å². The van der Waals surface area contributed by atoms with E-state index in [-0.39, 0.29) is 68.2 Å². The summed E-state index contributed by atoms with van der Waals surface area (Å²) in [6, 6.07) is 9.22. The molecule has 2 heterocycles. The molecule has 25 heteroatoms. The molecular weight excluding hydrogens is 887 g/mol. The maximum absolute atomic E-state index is 13.8. The summed E-state index contributed by atoms with van der Waals surface area (Å²) < 4.78 is 61.4. The molecule has 1 amide bonds. The van der Waals surface area contributed by atoms with Crippen LogP contribution in [0.3, 0.4) is 0 Å². The highest BCUT2D eigenvalue weighted by atomic mass is 32.1. The average Bonchev–Trinajstić information content (AvgIpc) is 3.71. The van der Waals surface area contributed by atoms with Gasteiger partial charge in [0.25, 0.3) is 11.6 Å². The fourth-order valence-electron chi connectivity index (χ4n) is 5.97. The molecular formula is C40H47N5O19S. The van der Waals surface area contributed by atoms with Crippen LogP contribution < -0.4 is 9.47 Å². The Kier molecular flexibility index (Phi) is 20.1. The van der Waals surface area contributed by atoms with Gasteiger partial charge in [0.1, 0.15) is 30.8 Å². The van der Waals surface area contributed by atoms with Crippen molar-refractivity contribution >= 4 is 63.1 Å². The molecule has 352 valence electrons. The van der Waals surface area contributed by atoms with E-state index in [1.54, 1.807) is 7.05 Å². The Labute approximate surface area is 374 Å². The second-order valence-electron chi connectivity index (χ2n) is 13.7. The first-order chi connectivity index (χ1) is 31.1. The summed E-state index contributed by atoms with van der Waals surface area (Å²) in [5.74, 6) is -3.63. The van der Waals surface area contributed by atoms with E-state index in [9.17, 15) is 38.9 Å². The molecule has 65 heavy (non-hydrogen) atoms. The molecule has 0 bridgehead atoms. The molecule has 0 saturated carbocycles. The molecule has 1 aliphatic rings. The molecule has 1 fully saturated rings. The molecule has 24 nitrogen and oxygen atoms in total. The minimum atomic E-state index is -1.61. The summed E-state index contributed by atoms with van der Waals surface area (Å²) in [5, 5.41) is 14.7. The van der Waals surface area contributed by atoms with Crippen LogP contribution in [-0.4, -0.2) is 143 Å². The van der Waals surface area contributed by atoms with E-state index in [1.807, 2.05) is 0 Å². The van der Waals surface area contributed by atoms with Crippen molar-refractivity contribution in [2.75, 3.05) is 66.4 Å². The van der Waals surface area contributed by atoms with Crippen LogP contribution in [0.4, 0.5) is 10.5 Å². The van der Waals surface area contributed by atoms with Gasteiger partial charge < -0.3 is 57.0 Å². The Hall–Kier alpha value is -6.63. The van der Waals surface area contributed by atoms with E-state index in [4.69, 9.17) is 57.6 Å². The lowest BCUT2D eigenvalue weighted by Crippen LogP contribution is -2.63. The minimum absolute atomic E-state index is 0.0205. The highest BCUT2D eigenvalue weighted by Crippen LogP contribution is 2.39. The minimum Gasteiger partial charge on any atom is -0.463 e. The zero-order chi connectivity index (χ0) is 47.5. The van der Waals surface area contributed by atoms with Gasteiger partial charge >= 0.3 is 30.0 Å². The quantitative estimate of drug-likeness (QED) is 0.0138. The molecule has 1 aromatic heterocycles. The van der Waals surface area contributed by atoms with Crippen LogP contribution in [-0.2, 0) is 68.4 Å². The number of hydrogen-bond donors (Lipinski definition) is 0. The molecule has 0 aliphatic carbocycles. The van der Waals surface area contributed by atoms with Crippen LogP contribution in [0, 0.1) is 10.1 Å². The van der Waals surface area contributed by atoms with E-state index in [2.05, 4.69) is 10.0 Å². The third-order valence-corrected chi connectivity index (χ3v) is 9.98. The number of ether oxygens (including phenoxy) is 11. The Morgan fingerprint density at radius 3 is 2.05 bits per heavy atom. The highest BCUT2D eigenvalue weighted by Gasteiger charge is 2.53. The Balaban J connectivity index is 1.59. The van der Waals surface area contributed by atoms with Gasteiger partial charge in [-0.1, -0.05) is 11.2 Å². The Bertz CT molecular complexity index is 2200. The number of esters is 4. The first kappa shape index (κ1) is 51.0. The zero-order valence-corrected chi connectivity index (χ0v) is 36.7. The summed E-state index contributed by atoms with van der Waals surface area (Å²) in [6.45, 7) is 5.42. The summed E-state index contributed by atoms with van der Waals surface area (Å²) in [6.07, 6.45) is -8.60. The van der Waals surface area contributed by atoms with E-state index in [0.717, 1.165) is 51.2 Å². The number of carbonyl (C=O) groups is 6. The third-order valence-electron chi connectivity index (χ3n) is 8.78. The van der Waals surface area contributed by atoms with Crippen molar-refractivity contribution in [1.82, 2.24) is 4.90 Å². The number of azide groups is 1. The lowest BCUT2D eigenvalue weighted by atomic mass is 9.98. The molecule has 1 aliphatic heterocycles. The Morgan fingerprint density at radius 2 is 1.43 bits per heavy atom. The first-order valence-corrected chi connectivity index (χ1v) is 20.5. The van der Waals surface area contributed by atoms with Gasteiger partial charge in [-0.05, 0) is 29.8 Å². The van der Waals surface area contributed by atoms with Crippen molar-refractivity contribution in [3.05, 3.63) is 73.5 Å². The van der Waals surface area contributed by atoms with Crippen LogP contribution in [0.2, 0.25) is 0 Å². The Morgan fingerprint density at radius 1 is 0.815 bits per heavy atom. The largest absolute Gasteiger partial charge is 0.514 e. The van der Waals surface area contributed by atoms with E-state index in [0.29, 0.717) is 28.9 Å². The second kappa shape index (κ2) is 25.6. The van der Waals surface area contributed by atoms with Crippen molar-refractivity contribution in [2.24, 2.45) is 5.11 Å². The van der Waals surface area contributed by atoms with Gasteiger partial charge in [0.2, 0.25) is 12.4 Å². The van der Waals surface area contributed by atoms with Gasteiger partial charge in [-0.15, -0.1) is 11.3 Å². The van der Waals surface area contributed by atoms with Crippen LogP contribution in [0.5, 0.6) is 11.5 Å². The van der Waals surface area contributed by atoms with E-state index >= 15 is 0 Å². The number of nitrogens with zero attached hydrogens (tertiary/aromatic N) is 5. The number of fused-ring (bicyclic) bond motifs is 1. The van der Waals surface area contributed by atoms with E-state index < -0.39 is 78.2 Å². The van der Waals surface area contributed by atoms with Gasteiger partial charge in [-0.2, -0.15) is 0 Å². The molecule has 4 rings (SSSR count). The van der Waals surface area contributed by atoms with Crippen LogP contribution >= 0.6 is 11.3 Å². The van der Waals surface area contributed by atoms with Gasteiger partial charge in [0.15, 0.2) is 12.2 Å². The highest BCUT2D eigenvalue weighted by molar-refractivity contribution is 7.21. The fraction of sp³-hybridized carbons (Fsp3) is 0.500. The molecule has 0 unspecified atom stereocenters. The van der Waals surface area contributed by atoms with Gasteiger partial charge in [0.05, 0.1) is 49.4 Å². The summed E-state index contributed by atoms with van der Waals surface area (Å²) in [7, 11) is 1.56. The molecule has 1 saturated heterocycles. The third kappa shape index (κ3) is 16.1. The van der Waals surface area contributed by atoms with Crippen molar-refractivity contribution in [3.63, 3.8) is 0 Å². The van der Waals surface area contributed by atoms with Crippen molar-refractivity contribution < 1.29 is 85.8 Å². The molecule has 3 aromatic rings. The van der Waals surface area contributed by atoms with Crippen LogP contribution in [0.15, 0.2) is 47.6 Å². The lowest BCUT2D eigenvalue weighted by Gasteiger charge is -2.44. The maximum atomic E-state index is 13.8. The normalized spacial score (nSPS) is 17.8. The predicted octanol–water partition coefficient (Wildman–Crippen LogP) is 4.42. The van der Waals surface area contributed by atoms with Gasteiger partial charge in [0, 0.05) is 80.5 Å². The summed E-state index contributed by atoms with van der Waals surface area (Å²) in [4.78, 5) is 90.1. The van der Waals surface area contributed by atoms with Crippen LogP contribution in [0.1, 0.15) is 42.9 Å². The standard InChI is InChI=1S/C40H47N5O19S/c1-23(46)57-22-32-34(59-24(2)47)35(60-25(3)48)36(61-26(4)49)39(64-32)63-31-11-6-27(21-58-40(51)62-29-9-7-28(8-10-29)45(52)53)37-30(31)20-33(65-37)38(50)44(5)13-15-55-17-19-56-18-16-54-14-12-42-43-41/h6-11,20,32,34-36,39H,12-19,21-22H2,1-5H3/t32-,34+,35+,36-,39-/m1/s1. The van der Waals surface area contributed by atoms with Crippen molar-refractivity contribution in [3.8, 4) is 11.5 Å². The van der Waals surface area contributed by atoms with Crippen molar-refractivity contribution in [1.29, 1.82) is 0 Å². The average molecular weight is 934 g/mol. The number of likely N-dealkylation sites (N-methyl/N-ethyl adjacent to an activating group) is 1. The molecule has 0 N–H and O–H groups in total. The summed E-state index contributed by atoms with van der Waals surface area (Å²) >= 11 is 1.02. The number of hydrogen-bond acceptors (Lipinski definition) is 21. The SMILES string of the molecule is CC(=O)OC[C@H]1O[C@@H](Oc2ccc(COC(=O)Oc3ccc([N+](=O)[O-])cc3)c3sc(C(=O)N(C)CCOCCOCCOCCN=[N+]=[N-])cc23)[C@H](OC(C)=O)[C@@H](OC(C)=O)[C@H]1OC(C)=O. The maximum Gasteiger partial charge on any atom is 0.514 e. The number of carbonyl (C=O) groups excluding carboxylic acids is 6. The number of non-ortho nitro benzene ring substituents is 1. The zero-order valence-electron chi connectivity index (χ0n) is 35.9. The lowest BCUT2D eigenvalue weighted by molar-refractivity contribution is -0.384. The molecule has 2 aromatic carbocycles. The number of nitro groups is 1. The smallest absolute Gasteiger partial charge is 0.463 e. The first-order valence-electron chi connectivity index (χ1n) is 19.7. The van der Waals surface area contributed by atoms with Crippen LogP contribution in [0.25, 0.3) is 20.5 Å². The fourth-order valence-corrected chi connectivity index (χ4v) is 7.13. The predicted molar refractivity (Wildman–Crippen MR) is 222 cm³/mol. The number of rotatable bonds is 24. The number of thiophene rings is 1. The van der Waals surface area contributed by atoms with Crippen molar-refractivity contribution in [2.45, 2.75) is 65.0 Å². The topological polar surface area (TPSA) is 299 Å². The number of benzene rings is 2. The van der Waals surface area contributed by atoms with E-state index in [1.165, 1.54) is 35.2 Å². The second-order valence-corrected chi connectivity index (χ2v) is 14.7. The van der Waals surface area contributed by atoms with Gasteiger partial charge in [-0.25, -0.2) is 4.79 Å². The monoisotopic (exact) mass is 933 g/mol. The molecule has 5 atom stereocenters. The number of amides is 1.